The first kappa shape index (κ1) is 9.07. The number of aromatic hydroxyl groups is 1. The molecule has 0 atom stereocenters. The molecule has 0 heterocycles. The third-order valence-corrected chi connectivity index (χ3v) is 1.97. The summed E-state index contributed by atoms with van der Waals surface area (Å²) in [5, 5.41) is 8.83. The van der Waals surface area contributed by atoms with Crippen molar-refractivity contribution < 1.29 is 9.90 Å². The van der Waals surface area contributed by atoms with Gasteiger partial charge in [-0.25, -0.2) is 0 Å². The van der Waals surface area contributed by atoms with Crippen LogP contribution in [0.2, 0.25) is 0 Å². The average molecular weight is 185 g/mol. The molecule has 64 valence electrons. The van der Waals surface area contributed by atoms with Crippen LogP contribution in [0.25, 0.3) is 0 Å². The Morgan fingerprint density at radius 2 is 1.83 bits per heavy atom. The Bertz CT molecular complexity index is 332. The summed E-state index contributed by atoms with van der Waals surface area (Å²) in [4.78, 5) is 10.8. The Kier molecular flexibility index (Phi) is 2.38. The van der Waals surface area contributed by atoms with Crippen molar-refractivity contribution in [3.8, 4) is 5.75 Å². The number of benzene rings is 1. The van der Waals surface area contributed by atoms with Gasteiger partial charge in [0.2, 0.25) is 0 Å². The molecule has 3 heteroatoms. The largest absolute Gasteiger partial charge is 0.507 e. The van der Waals surface area contributed by atoms with E-state index in [2.05, 4.69) is 0 Å². The normalized spacial score (nSPS) is 9.92. The molecule has 0 radical (unpaired) electrons. The number of hydrogen-bond donors (Lipinski definition) is 1. The van der Waals surface area contributed by atoms with Gasteiger partial charge in [0.05, 0.1) is 5.56 Å². The van der Waals surface area contributed by atoms with Gasteiger partial charge < -0.3 is 5.11 Å². The fourth-order valence-corrected chi connectivity index (χ4v) is 1.28. The maximum Gasteiger partial charge on any atom is 0.256 e. The lowest BCUT2D eigenvalue weighted by Gasteiger charge is -2.05. The second-order valence-electron chi connectivity index (χ2n) is 2.70. The number of phenolic OH excluding ortho intramolecular Hbond substituents is 1. The quantitative estimate of drug-likeness (QED) is 0.681. The number of hydrogen-bond acceptors (Lipinski definition) is 2. The van der Waals surface area contributed by atoms with Crippen molar-refractivity contribution in [1.82, 2.24) is 0 Å². The highest BCUT2D eigenvalue weighted by Crippen LogP contribution is 2.26. The average Bonchev–Trinajstić information content (AvgIpc) is 1.97. The minimum Gasteiger partial charge on any atom is -0.507 e. The summed E-state index contributed by atoms with van der Waals surface area (Å²) in [6.07, 6.45) is 0. The van der Waals surface area contributed by atoms with Crippen LogP contribution in [0.1, 0.15) is 21.5 Å². The van der Waals surface area contributed by atoms with Crippen LogP contribution >= 0.6 is 11.6 Å². The van der Waals surface area contributed by atoms with E-state index in [1.54, 1.807) is 26.0 Å². The van der Waals surface area contributed by atoms with E-state index in [-0.39, 0.29) is 11.3 Å². The van der Waals surface area contributed by atoms with Gasteiger partial charge in [0.1, 0.15) is 5.75 Å². The maximum absolute atomic E-state index is 10.8. The van der Waals surface area contributed by atoms with Crippen LogP contribution < -0.4 is 0 Å². The Labute approximate surface area is 75.8 Å². The third kappa shape index (κ3) is 1.43. The zero-order valence-corrected chi connectivity index (χ0v) is 7.64. The van der Waals surface area contributed by atoms with E-state index in [9.17, 15) is 9.90 Å². The molecule has 12 heavy (non-hydrogen) atoms. The zero-order chi connectivity index (χ0) is 9.30. The molecule has 2 nitrogen and oxygen atoms in total. The molecular weight excluding hydrogens is 176 g/mol. The van der Waals surface area contributed by atoms with Crippen LogP contribution in [-0.2, 0) is 0 Å². The number of carbonyl (C=O) groups is 1. The molecule has 1 aromatic rings. The number of phenols is 1. The second kappa shape index (κ2) is 3.15. The van der Waals surface area contributed by atoms with E-state index < -0.39 is 5.24 Å². The number of rotatable bonds is 1. The van der Waals surface area contributed by atoms with Gasteiger partial charge in [-0.3, -0.25) is 4.79 Å². The maximum atomic E-state index is 10.8. The minimum absolute atomic E-state index is 0.0185. The van der Waals surface area contributed by atoms with E-state index in [0.717, 1.165) is 0 Å². The van der Waals surface area contributed by atoms with Crippen LogP contribution in [0.3, 0.4) is 0 Å². The predicted molar refractivity (Wildman–Crippen MR) is 47.8 cm³/mol. The highest BCUT2D eigenvalue weighted by Gasteiger charge is 2.12. The first-order chi connectivity index (χ1) is 5.54. The van der Waals surface area contributed by atoms with Crippen molar-refractivity contribution in [2.75, 3.05) is 0 Å². The summed E-state index contributed by atoms with van der Waals surface area (Å²) in [6.45, 7) is 3.45. The Morgan fingerprint density at radius 1 is 1.33 bits per heavy atom. The topological polar surface area (TPSA) is 37.3 Å². The first-order valence-corrected chi connectivity index (χ1v) is 3.91. The summed E-state index contributed by atoms with van der Waals surface area (Å²) < 4.78 is 0. The molecule has 0 spiro atoms. The molecule has 0 aliphatic carbocycles. The van der Waals surface area contributed by atoms with E-state index in [0.29, 0.717) is 11.1 Å². The number of carbonyl (C=O) groups excluding carboxylic acids is 1. The monoisotopic (exact) mass is 184 g/mol. The highest BCUT2D eigenvalue weighted by atomic mass is 35.5. The highest BCUT2D eigenvalue weighted by molar-refractivity contribution is 6.68. The minimum atomic E-state index is -0.617. The molecule has 0 fully saturated rings. The van der Waals surface area contributed by atoms with Gasteiger partial charge in [0, 0.05) is 0 Å². The van der Waals surface area contributed by atoms with Crippen LogP contribution in [0.5, 0.6) is 5.75 Å². The number of halogens is 1. The Morgan fingerprint density at radius 3 is 2.25 bits per heavy atom. The van der Waals surface area contributed by atoms with E-state index in [1.807, 2.05) is 0 Å². The smallest absolute Gasteiger partial charge is 0.256 e. The fraction of sp³-hybridized carbons (Fsp3) is 0.222. The molecule has 1 aromatic carbocycles. The summed E-state index contributed by atoms with van der Waals surface area (Å²) in [5.74, 6) is -0.0185. The summed E-state index contributed by atoms with van der Waals surface area (Å²) in [7, 11) is 0. The van der Waals surface area contributed by atoms with Gasteiger partial charge in [0.25, 0.3) is 5.24 Å². The molecule has 0 saturated carbocycles. The van der Waals surface area contributed by atoms with Gasteiger partial charge in [-0.05, 0) is 36.6 Å². The summed E-state index contributed by atoms with van der Waals surface area (Å²) >= 11 is 5.29. The van der Waals surface area contributed by atoms with Gasteiger partial charge in [-0.1, -0.05) is 12.1 Å². The van der Waals surface area contributed by atoms with Crippen molar-refractivity contribution in [2.24, 2.45) is 0 Å². The third-order valence-electron chi connectivity index (χ3n) is 1.78. The fourth-order valence-electron chi connectivity index (χ4n) is 1.04. The van der Waals surface area contributed by atoms with E-state index >= 15 is 0 Å². The zero-order valence-electron chi connectivity index (χ0n) is 6.89. The van der Waals surface area contributed by atoms with Crippen molar-refractivity contribution in [3.05, 3.63) is 28.8 Å². The second-order valence-corrected chi connectivity index (χ2v) is 3.04. The van der Waals surface area contributed by atoms with Crippen LogP contribution in [0, 0.1) is 13.8 Å². The van der Waals surface area contributed by atoms with Crippen LogP contribution in [0.15, 0.2) is 12.1 Å². The van der Waals surface area contributed by atoms with Gasteiger partial charge in [-0.15, -0.1) is 0 Å². The van der Waals surface area contributed by atoms with E-state index in [4.69, 9.17) is 11.6 Å². The molecular formula is C9H9ClO2. The molecule has 0 aliphatic rings. The molecule has 0 aromatic heterocycles. The van der Waals surface area contributed by atoms with Gasteiger partial charge in [0.15, 0.2) is 0 Å². The molecule has 0 saturated heterocycles. The first-order valence-electron chi connectivity index (χ1n) is 3.53. The lowest BCUT2D eigenvalue weighted by atomic mass is 10.1. The van der Waals surface area contributed by atoms with Crippen molar-refractivity contribution in [2.45, 2.75) is 13.8 Å². The SMILES string of the molecule is Cc1ccc(C)c(C(=O)Cl)c1O. The van der Waals surface area contributed by atoms with Crippen molar-refractivity contribution in [3.63, 3.8) is 0 Å². The lowest BCUT2D eigenvalue weighted by molar-refractivity contribution is 0.107. The molecule has 0 amide bonds. The summed E-state index contributed by atoms with van der Waals surface area (Å²) in [6, 6.07) is 3.50. The Balaban J connectivity index is 3.43. The molecule has 1 N–H and O–H groups in total. The van der Waals surface area contributed by atoms with Crippen LogP contribution in [0.4, 0.5) is 0 Å². The molecule has 0 aliphatic heterocycles. The summed E-state index contributed by atoms with van der Waals surface area (Å²) in [5.41, 5.74) is 1.55. The molecule has 0 unspecified atom stereocenters. The van der Waals surface area contributed by atoms with Crippen molar-refractivity contribution in [1.29, 1.82) is 0 Å². The molecule has 1 rings (SSSR count). The number of aryl methyl sites for hydroxylation is 2. The standard InChI is InChI=1S/C9H9ClO2/c1-5-3-4-6(2)8(11)7(5)9(10)12/h3-4,11H,1-2H3. The van der Waals surface area contributed by atoms with E-state index in [1.165, 1.54) is 0 Å². The van der Waals surface area contributed by atoms with Gasteiger partial charge >= 0.3 is 0 Å². The lowest BCUT2D eigenvalue weighted by Crippen LogP contribution is -1.95. The molecule has 0 bridgehead atoms. The van der Waals surface area contributed by atoms with Gasteiger partial charge in [-0.2, -0.15) is 0 Å². The Hall–Kier alpha value is -1.02. The van der Waals surface area contributed by atoms with Crippen LogP contribution in [-0.4, -0.2) is 10.3 Å². The van der Waals surface area contributed by atoms with Crippen molar-refractivity contribution >= 4 is 16.8 Å². The predicted octanol–water partition coefficient (Wildman–Crippen LogP) is 2.39.